The maximum Gasteiger partial charge on any atom is 0.345 e. The molecule has 2 aromatic heterocycles. The second kappa shape index (κ2) is 7.09. The van der Waals surface area contributed by atoms with Crippen LogP contribution in [0, 0.1) is 0 Å². The molecule has 144 valence electrons. The summed E-state index contributed by atoms with van der Waals surface area (Å²) in [6.45, 7) is 0. The third-order valence-corrected chi connectivity index (χ3v) is 5.84. The number of nitrogens with one attached hydrogen (secondary N) is 1. The second-order valence-corrected chi connectivity index (χ2v) is 7.99. The molecule has 1 aliphatic heterocycles. The van der Waals surface area contributed by atoms with Crippen molar-refractivity contribution in [2.75, 3.05) is 12.5 Å². The minimum atomic E-state index is -0.455. The van der Waals surface area contributed by atoms with Crippen LogP contribution in [-0.2, 0) is 0 Å². The van der Waals surface area contributed by atoms with Gasteiger partial charge in [-0.3, -0.25) is 5.43 Å². The minimum absolute atomic E-state index is 0.416. The Morgan fingerprint density at radius 3 is 2.79 bits per heavy atom. The molecule has 0 saturated carbocycles. The van der Waals surface area contributed by atoms with Crippen molar-refractivity contribution in [1.82, 2.24) is 14.9 Å². The minimum Gasteiger partial charge on any atom is -0.493 e. The Morgan fingerprint density at radius 2 is 2.00 bits per heavy atom. The first kappa shape index (κ1) is 18.0. The average Bonchev–Trinajstić information content (AvgIpc) is 3.16. The molecule has 0 amide bonds. The van der Waals surface area contributed by atoms with E-state index in [1.165, 1.54) is 11.8 Å². The molecule has 4 aromatic rings. The first-order valence-corrected chi connectivity index (χ1v) is 10.3. The van der Waals surface area contributed by atoms with Crippen molar-refractivity contribution < 1.29 is 9.15 Å². The van der Waals surface area contributed by atoms with E-state index in [4.69, 9.17) is 9.15 Å². The summed E-state index contributed by atoms with van der Waals surface area (Å²) in [6, 6.07) is 15.0. The highest BCUT2D eigenvalue weighted by Crippen LogP contribution is 2.32. The number of methoxy groups -OCH3 is 1. The maximum atomic E-state index is 12.7. The zero-order valence-corrected chi connectivity index (χ0v) is 17.5. The van der Waals surface area contributed by atoms with Crippen LogP contribution in [0.1, 0.15) is 5.56 Å². The Labute approximate surface area is 177 Å². The smallest absolute Gasteiger partial charge is 0.345 e. The molecule has 7 nitrogen and oxygen atoms in total. The molecule has 0 radical (unpaired) electrons. The SMILES string of the molecule is COc1cccc2cc(C3=CSc4nnc(-c5ccc(Br)cc5)n4N3)c(=O)oc12. The number of para-hydroxylation sites is 1. The van der Waals surface area contributed by atoms with Gasteiger partial charge in [0, 0.05) is 20.8 Å². The number of benzene rings is 2. The summed E-state index contributed by atoms with van der Waals surface area (Å²) in [6.07, 6.45) is 0. The summed E-state index contributed by atoms with van der Waals surface area (Å²) in [5, 5.41) is 11.8. The molecule has 0 spiro atoms. The van der Waals surface area contributed by atoms with Crippen molar-refractivity contribution in [1.29, 1.82) is 0 Å². The Morgan fingerprint density at radius 1 is 1.17 bits per heavy atom. The first-order valence-electron chi connectivity index (χ1n) is 8.60. The van der Waals surface area contributed by atoms with Gasteiger partial charge in [-0.25, -0.2) is 9.47 Å². The number of rotatable bonds is 3. The van der Waals surface area contributed by atoms with Crippen LogP contribution in [-0.4, -0.2) is 22.0 Å². The van der Waals surface area contributed by atoms with Crippen molar-refractivity contribution in [3.05, 3.63) is 74.4 Å². The van der Waals surface area contributed by atoms with E-state index in [0.717, 1.165) is 15.4 Å². The molecule has 2 aromatic carbocycles. The number of hydrogen-bond acceptors (Lipinski definition) is 7. The molecule has 9 heteroatoms. The summed E-state index contributed by atoms with van der Waals surface area (Å²) < 4.78 is 13.6. The van der Waals surface area contributed by atoms with Crippen LogP contribution < -0.4 is 15.8 Å². The van der Waals surface area contributed by atoms with E-state index >= 15 is 0 Å². The lowest BCUT2D eigenvalue weighted by molar-refractivity contribution is 0.406. The topological polar surface area (TPSA) is 82.2 Å². The van der Waals surface area contributed by atoms with Gasteiger partial charge in [0.25, 0.3) is 0 Å². The largest absolute Gasteiger partial charge is 0.493 e. The molecule has 0 unspecified atom stereocenters. The number of ether oxygens (including phenoxy) is 1. The Hall–Kier alpha value is -3.04. The maximum absolute atomic E-state index is 12.7. The highest BCUT2D eigenvalue weighted by atomic mass is 79.9. The van der Waals surface area contributed by atoms with Gasteiger partial charge in [-0.05, 0) is 24.3 Å². The van der Waals surface area contributed by atoms with Crippen LogP contribution in [0.3, 0.4) is 0 Å². The molecule has 0 fully saturated rings. The number of thioether (sulfide) groups is 1. The van der Waals surface area contributed by atoms with Gasteiger partial charge in [0.1, 0.15) is 0 Å². The lowest BCUT2D eigenvalue weighted by Gasteiger charge is -2.18. The summed E-state index contributed by atoms with van der Waals surface area (Å²) in [5.74, 6) is 1.17. The van der Waals surface area contributed by atoms with E-state index < -0.39 is 5.63 Å². The quantitative estimate of drug-likeness (QED) is 0.444. The van der Waals surface area contributed by atoms with E-state index in [1.54, 1.807) is 23.9 Å². The normalized spacial score (nSPS) is 13.0. The molecule has 0 bridgehead atoms. The van der Waals surface area contributed by atoms with Crippen molar-refractivity contribution in [3.63, 3.8) is 0 Å². The van der Waals surface area contributed by atoms with Gasteiger partial charge in [-0.15, -0.1) is 10.2 Å². The summed E-state index contributed by atoms with van der Waals surface area (Å²) in [7, 11) is 1.54. The van der Waals surface area contributed by atoms with Crippen molar-refractivity contribution in [2.45, 2.75) is 5.16 Å². The molecule has 5 rings (SSSR count). The van der Waals surface area contributed by atoms with Crippen LogP contribution in [0.25, 0.3) is 28.1 Å². The lowest BCUT2D eigenvalue weighted by atomic mass is 10.1. The van der Waals surface area contributed by atoms with Crippen molar-refractivity contribution in [3.8, 4) is 17.1 Å². The predicted molar refractivity (Wildman–Crippen MR) is 115 cm³/mol. The van der Waals surface area contributed by atoms with E-state index in [1.807, 2.05) is 41.8 Å². The highest BCUT2D eigenvalue weighted by Gasteiger charge is 2.22. The fraction of sp³-hybridized carbons (Fsp3) is 0.0500. The van der Waals surface area contributed by atoms with E-state index in [0.29, 0.717) is 33.6 Å². The van der Waals surface area contributed by atoms with Gasteiger partial charge in [0.2, 0.25) is 5.16 Å². The fourth-order valence-electron chi connectivity index (χ4n) is 3.08. The zero-order chi connectivity index (χ0) is 20.0. The van der Waals surface area contributed by atoms with E-state index in [-0.39, 0.29) is 0 Å². The van der Waals surface area contributed by atoms with Gasteiger partial charge < -0.3 is 9.15 Å². The Balaban J connectivity index is 1.56. The van der Waals surface area contributed by atoms with Crippen LogP contribution in [0.2, 0.25) is 0 Å². The van der Waals surface area contributed by atoms with Gasteiger partial charge in [0.05, 0.1) is 18.4 Å². The molecule has 1 aliphatic rings. The predicted octanol–water partition coefficient (Wildman–Crippen LogP) is 4.47. The second-order valence-electron chi connectivity index (χ2n) is 6.24. The zero-order valence-electron chi connectivity index (χ0n) is 15.0. The number of halogens is 1. The standard InChI is InChI=1S/C20H13BrN4O3S/c1-27-16-4-2-3-12-9-14(19(26)28-17(12)16)15-10-29-20-23-22-18(25(20)24-15)11-5-7-13(21)8-6-11/h2-10,24H,1H3. The molecule has 0 saturated heterocycles. The number of fused-ring (bicyclic) bond motifs is 2. The van der Waals surface area contributed by atoms with E-state index in [9.17, 15) is 4.79 Å². The molecule has 0 aliphatic carbocycles. The summed E-state index contributed by atoms with van der Waals surface area (Å²) in [4.78, 5) is 12.7. The molecular weight excluding hydrogens is 456 g/mol. The monoisotopic (exact) mass is 468 g/mol. The molecular formula is C20H13BrN4O3S. The van der Waals surface area contributed by atoms with Gasteiger partial charge >= 0.3 is 5.63 Å². The summed E-state index contributed by atoms with van der Waals surface area (Å²) >= 11 is 4.82. The average molecular weight is 469 g/mol. The number of nitrogens with zero attached hydrogens (tertiary/aromatic N) is 3. The Kier molecular flexibility index (Phi) is 4.40. The lowest BCUT2D eigenvalue weighted by Crippen LogP contribution is -2.21. The Bertz CT molecular complexity index is 1330. The molecule has 3 heterocycles. The molecule has 0 atom stereocenters. The van der Waals surface area contributed by atoms with E-state index in [2.05, 4.69) is 31.6 Å². The van der Waals surface area contributed by atoms with Crippen LogP contribution in [0.4, 0.5) is 0 Å². The van der Waals surface area contributed by atoms with Crippen LogP contribution in [0.15, 0.2) is 72.8 Å². The van der Waals surface area contributed by atoms with Crippen molar-refractivity contribution in [2.24, 2.45) is 0 Å². The van der Waals surface area contributed by atoms with Gasteiger partial charge in [0.15, 0.2) is 17.2 Å². The number of aromatic nitrogens is 3. The van der Waals surface area contributed by atoms with Crippen LogP contribution in [0.5, 0.6) is 5.75 Å². The third-order valence-electron chi connectivity index (χ3n) is 4.48. The van der Waals surface area contributed by atoms with Gasteiger partial charge in [-0.2, -0.15) is 0 Å². The summed E-state index contributed by atoms with van der Waals surface area (Å²) in [5.41, 5.74) is 5.13. The third kappa shape index (κ3) is 3.12. The van der Waals surface area contributed by atoms with Crippen molar-refractivity contribution >= 4 is 44.4 Å². The fourth-order valence-corrected chi connectivity index (χ4v) is 4.07. The molecule has 29 heavy (non-hydrogen) atoms. The van der Waals surface area contributed by atoms with Crippen LogP contribution >= 0.6 is 27.7 Å². The first-order chi connectivity index (χ1) is 14.1. The van der Waals surface area contributed by atoms with Gasteiger partial charge in [-0.1, -0.05) is 52.0 Å². The molecule has 1 N–H and O–H groups in total. The number of hydrogen-bond donors (Lipinski definition) is 1. The highest BCUT2D eigenvalue weighted by molar-refractivity contribution is 9.10.